The average Bonchev–Trinajstić information content (AvgIpc) is 2.21. The molecular formula is C12H22N2O2S. The normalized spacial score (nSPS) is 17.3. The number of amides is 1. The molecule has 0 bridgehead atoms. The van der Waals surface area contributed by atoms with Crippen LogP contribution in [0.3, 0.4) is 0 Å². The van der Waals surface area contributed by atoms with Crippen LogP contribution in [0.25, 0.3) is 0 Å². The van der Waals surface area contributed by atoms with E-state index in [1.165, 1.54) is 6.42 Å². The molecule has 1 aliphatic rings. The maximum absolute atomic E-state index is 12.3. The van der Waals surface area contributed by atoms with Crippen LogP contribution in [0.4, 0.5) is 0 Å². The highest BCUT2D eigenvalue weighted by Crippen LogP contribution is 2.26. The predicted octanol–water partition coefficient (Wildman–Crippen LogP) is 1.06. The zero-order chi connectivity index (χ0) is 12.8. The van der Waals surface area contributed by atoms with Gasteiger partial charge in [0.1, 0.15) is 0 Å². The van der Waals surface area contributed by atoms with Crippen LogP contribution >= 0.6 is 12.2 Å². The molecule has 0 saturated heterocycles. The zero-order valence-electron chi connectivity index (χ0n) is 10.4. The number of carbonyl (C=O) groups excluding carboxylic acids is 1. The highest BCUT2D eigenvalue weighted by atomic mass is 32.1. The van der Waals surface area contributed by atoms with Gasteiger partial charge in [-0.15, -0.1) is 0 Å². The van der Waals surface area contributed by atoms with Crippen LogP contribution in [0, 0.1) is 5.92 Å². The lowest BCUT2D eigenvalue weighted by Gasteiger charge is -2.39. The number of thiocarbonyl (C=S) groups is 1. The third-order valence-corrected chi connectivity index (χ3v) is 3.69. The van der Waals surface area contributed by atoms with Crippen molar-refractivity contribution in [3.8, 4) is 0 Å². The van der Waals surface area contributed by atoms with Crippen molar-refractivity contribution in [3.63, 3.8) is 0 Å². The molecule has 1 rings (SSSR count). The molecule has 4 nitrogen and oxygen atoms in total. The lowest BCUT2D eigenvalue weighted by atomic mass is 9.90. The lowest BCUT2D eigenvalue weighted by Crippen LogP contribution is -2.49. The summed E-state index contributed by atoms with van der Waals surface area (Å²) in [5, 5.41) is 8.89. The molecule has 0 radical (unpaired) electrons. The van der Waals surface area contributed by atoms with Crippen LogP contribution in [-0.4, -0.2) is 40.1 Å². The fourth-order valence-corrected chi connectivity index (χ4v) is 2.38. The van der Waals surface area contributed by atoms with Crippen molar-refractivity contribution in [1.29, 1.82) is 0 Å². The summed E-state index contributed by atoms with van der Waals surface area (Å²) in [7, 11) is 0. The number of aliphatic hydroxyl groups excluding tert-OH is 1. The van der Waals surface area contributed by atoms with Gasteiger partial charge in [-0.1, -0.05) is 19.1 Å². The summed E-state index contributed by atoms with van der Waals surface area (Å²) >= 11 is 4.95. The van der Waals surface area contributed by atoms with Crippen molar-refractivity contribution in [2.75, 3.05) is 13.2 Å². The number of nitrogens with two attached hydrogens (primary N) is 1. The molecule has 1 saturated carbocycles. The highest BCUT2D eigenvalue weighted by molar-refractivity contribution is 7.80. The van der Waals surface area contributed by atoms with Gasteiger partial charge in [0.15, 0.2) is 0 Å². The number of hydrogen-bond acceptors (Lipinski definition) is 3. The molecule has 0 heterocycles. The molecule has 98 valence electrons. The third-order valence-electron chi connectivity index (χ3n) is 3.41. The summed E-state index contributed by atoms with van der Waals surface area (Å²) in [5.41, 5.74) is 5.61. The first-order valence-corrected chi connectivity index (χ1v) is 6.73. The second-order valence-corrected chi connectivity index (χ2v) is 5.03. The van der Waals surface area contributed by atoms with E-state index in [0.717, 1.165) is 12.8 Å². The fraction of sp³-hybridized carbons (Fsp3) is 0.833. The SMILES string of the molecule is CCC(C(=O)N(CCCO)C1CCC1)C(N)=S. The molecule has 1 unspecified atom stereocenters. The van der Waals surface area contributed by atoms with E-state index in [4.69, 9.17) is 23.1 Å². The Balaban J connectivity index is 2.66. The smallest absolute Gasteiger partial charge is 0.232 e. The maximum Gasteiger partial charge on any atom is 0.232 e. The summed E-state index contributed by atoms with van der Waals surface area (Å²) in [6.45, 7) is 2.65. The Labute approximate surface area is 108 Å². The van der Waals surface area contributed by atoms with E-state index < -0.39 is 0 Å². The van der Waals surface area contributed by atoms with Crippen molar-refractivity contribution in [3.05, 3.63) is 0 Å². The molecular weight excluding hydrogens is 236 g/mol. The molecule has 0 spiro atoms. The third kappa shape index (κ3) is 3.64. The van der Waals surface area contributed by atoms with Gasteiger partial charge in [0.2, 0.25) is 5.91 Å². The Morgan fingerprint density at radius 1 is 1.59 bits per heavy atom. The Kier molecular flexibility index (Phi) is 5.85. The minimum Gasteiger partial charge on any atom is -0.396 e. The fourth-order valence-electron chi connectivity index (χ4n) is 2.11. The average molecular weight is 258 g/mol. The van der Waals surface area contributed by atoms with Crippen LogP contribution < -0.4 is 5.73 Å². The van der Waals surface area contributed by atoms with Crippen molar-refractivity contribution < 1.29 is 9.90 Å². The Hall–Kier alpha value is -0.680. The standard InChI is InChI=1S/C12H22N2O2S/c1-2-10(11(13)17)12(16)14(7-4-8-15)9-5-3-6-9/h9-10,15H,2-8H2,1H3,(H2,13,17). The monoisotopic (exact) mass is 258 g/mol. The van der Waals surface area contributed by atoms with Crippen LogP contribution in [-0.2, 0) is 4.79 Å². The Morgan fingerprint density at radius 2 is 2.24 bits per heavy atom. The van der Waals surface area contributed by atoms with E-state index in [1.54, 1.807) is 0 Å². The molecule has 0 aliphatic heterocycles. The Bertz CT molecular complexity index is 280. The first kappa shape index (κ1) is 14.4. The second kappa shape index (κ2) is 6.91. The van der Waals surface area contributed by atoms with Gasteiger partial charge in [0, 0.05) is 19.2 Å². The highest BCUT2D eigenvalue weighted by Gasteiger charge is 2.32. The minimum absolute atomic E-state index is 0.0400. The second-order valence-electron chi connectivity index (χ2n) is 4.56. The topological polar surface area (TPSA) is 66.6 Å². The molecule has 0 aromatic carbocycles. The van der Waals surface area contributed by atoms with E-state index in [9.17, 15) is 4.79 Å². The molecule has 1 fully saturated rings. The van der Waals surface area contributed by atoms with E-state index >= 15 is 0 Å². The molecule has 17 heavy (non-hydrogen) atoms. The molecule has 0 aromatic heterocycles. The number of hydrogen-bond donors (Lipinski definition) is 2. The van der Waals surface area contributed by atoms with E-state index in [-0.39, 0.29) is 23.4 Å². The largest absolute Gasteiger partial charge is 0.396 e. The van der Waals surface area contributed by atoms with Crippen molar-refractivity contribution in [2.24, 2.45) is 11.7 Å². The Morgan fingerprint density at radius 3 is 2.59 bits per heavy atom. The number of rotatable bonds is 7. The summed E-state index contributed by atoms with van der Waals surface area (Å²) < 4.78 is 0. The van der Waals surface area contributed by atoms with Gasteiger partial charge in [-0.2, -0.15) is 0 Å². The summed E-state index contributed by atoms with van der Waals surface area (Å²) in [5.74, 6) is -0.303. The van der Waals surface area contributed by atoms with E-state index in [2.05, 4.69) is 0 Å². The molecule has 1 atom stereocenters. The van der Waals surface area contributed by atoms with E-state index in [0.29, 0.717) is 25.4 Å². The first-order chi connectivity index (χ1) is 8.11. The minimum atomic E-state index is -0.343. The number of aliphatic hydroxyl groups is 1. The van der Waals surface area contributed by atoms with Gasteiger partial charge in [0.05, 0.1) is 10.9 Å². The van der Waals surface area contributed by atoms with E-state index in [1.807, 2.05) is 11.8 Å². The van der Waals surface area contributed by atoms with Crippen LogP contribution in [0.2, 0.25) is 0 Å². The van der Waals surface area contributed by atoms with Crippen molar-refractivity contribution >= 4 is 23.1 Å². The molecule has 1 amide bonds. The van der Waals surface area contributed by atoms with Gasteiger partial charge >= 0.3 is 0 Å². The van der Waals surface area contributed by atoms with Crippen LogP contribution in [0.15, 0.2) is 0 Å². The van der Waals surface area contributed by atoms with Gasteiger partial charge < -0.3 is 15.7 Å². The molecule has 1 aliphatic carbocycles. The lowest BCUT2D eigenvalue weighted by molar-refractivity contribution is -0.137. The van der Waals surface area contributed by atoms with Gasteiger partial charge in [0.25, 0.3) is 0 Å². The summed E-state index contributed by atoms with van der Waals surface area (Å²) in [6.07, 6.45) is 4.57. The molecule has 5 heteroatoms. The quantitative estimate of drug-likeness (QED) is 0.670. The summed E-state index contributed by atoms with van der Waals surface area (Å²) in [4.78, 5) is 14.5. The predicted molar refractivity (Wildman–Crippen MR) is 71.6 cm³/mol. The number of nitrogens with zero attached hydrogens (tertiary/aromatic N) is 1. The maximum atomic E-state index is 12.3. The van der Waals surface area contributed by atoms with Crippen LogP contribution in [0.1, 0.15) is 39.0 Å². The van der Waals surface area contributed by atoms with Gasteiger partial charge in [-0.25, -0.2) is 0 Å². The summed E-state index contributed by atoms with van der Waals surface area (Å²) in [6, 6.07) is 0.331. The zero-order valence-corrected chi connectivity index (χ0v) is 11.2. The van der Waals surface area contributed by atoms with Crippen molar-refractivity contribution in [2.45, 2.75) is 45.1 Å². The van der Waals surface area contributed by atoms with Crippen molar-refractivity contribution in [1.82, 2.24) is 4.90 Å². The number of carbonyl (C=O) groups is 1. The first-order valence-electron chi connectivity index (χ1n) is 6.32. The van der Waals surface area contributed by atoms with Crippen LogP contribution in [0.5, 0.6) is 0 Å². The van der Waals surface area contributed by atoms with Gasteiger partial charge in [-0.3, -0.25) is 4.79 Å². The molecule has 3 N–H and O–H groups in total. The van der Waals surface area contributed by atoms with Gasteiger partial charge in [-0.05, 0) is 32.1 Å². The molecule has 0 aromatic rings.